The Morgan fingerprint density at radius 3 is 2.70 bits per heavy atom. The van der Waals surface area contributed by atoms with Crippen molar-refractivity contribution in [3.8, 4) is 0 Å². The number of piperazine rings is 1. The highest BCUT2D eigenvalue weighted by molar-refractivity contribution is 9.11. The summed E-state index contributed by atoms with van der Waals surface area (Å²) in [6.45, 7) is 4.48. The van der Waals surface area contributed by atoms with Gasteiger partial charge in [-0.1, -0.05) is 0 Å². The molecule has 20 heavy (non-hydrogen) atoms. The molecule has 0 saturated carbocycles. The zero-order valence-corrected chi connectivity index (χ0v) is 14.0. The lowest BCUT2D eigenvalue weighted by molar-refractivity contribution is -0.135. The molecule has 0 aliphatic carbocycles. The second-order valence-corrected chi connectivity index (χ2v) is 7.42. The standard InChI is InChI=1S/C13H20BrN3O2S/c1-19-9-11(15)13(18)17-6-4-16(5-7-17)8-10-2-3-12(14)20-10/h2-3,11H,4-9,15H2,1H3. The number of hydrogen-bond acceptors (Lipinski definition) is 5. The van der Waals surface area contributed by atoms with Gasteiger partial charge in [0.1, 0.15) is 6.04 Å². The van der Waals surface area contributed by atoms with Crippen LogP contribution < -0.4 is 5.73 Å². The molecule has 0 radical (unpaired) electrons. The van der Waals surface area contributed by atoms with E-state index in [1.54, 1.807) is 18.4 Å². The SMILES string of the molecule is COCC(N)C(=O)N1CCN(Cc2ccc(Br)s2)CC1. The van der Waals surface area contributed by atoms with E-state index in [2.05, 4.69) is 33.0 Å². The minimum atomic E-state index is -0.542. The first-order valence-electron chi connectivity index (χ1n) is 6.60. The molecule has 1 aliphatic heterocycles. The molecule has 0 aromatic carbocycles. The molecule has 5 nitrogen and oxygen atoms in total. The number of rotatable bonds is 5. The van der Waals surface area contributed by atoms with E-state index in [9.17, 15) is 4.79 Å². The Labute approximate surface area is 131 Å². The molecule has 1 saturated heterocycles. The number of nitrogens with zero attached hydrogens (tertiary/aromatic N) is 2. The summed E-state index contributed by atoms with van der Waals surface area (Å²) in [5.41, 5.74) is 5.79. The van der Waals surface area contributed by atoms with Crippen LogP contribution in [0.4, 0.5) is 0 Å². The Balaban J connectivity index is 1.78. The van der Waals surface area contributed by atoms with Gasteiger partial charge in [0.25, 0.3) is 0 Å². The molecule has 1 fully saturated rings. The third-order valence-electron chi connectivity index (χ3n) is 3.36. The molecule has 1 atom stereocenters. The number of methoxy groups -OCH3 is 1. The fourth-order valence-electron chi connectivity index (χ4n) is 2.27. The molecule has 1 aromatic heterocycles. The minimum Gasteiger partial charge on any atom is -0.383 e. The zero-order chi connectivity index (χ0) is 14.5. The number of ether oxygens (including phenoxy) is 1. The third kappa shape index (κ3) is 4.26. The summed E-state index contributed by atoms with van der Waals surface area (Å²) in [5, 5.41) is 0. The molecule has 1 aliphatic rings. The molecule has 1 aromatic rings. The van der Waals surface area contributed by atoms with Crippen LogP contribution in [0.3, 0.4) is 0 Å². The Hall–Kier alpha value is -0.470. The van der Waals surface area contributed by atoms with Crippen molar-refractivity contribution >= 4 is 33.2 Å². The van der Waals surface area contributed by atoms with Crippen molar-refractivity contribution in [1.82, 2.24) is 9.80 Å². The van der Waals surface area contributed by atoms with Gasteiger partial charge in [0.2, 0.25) is 5.91 Å². The van der Waals surface area contributed by atoms with Crippen molar-refractivity contribution in [1.29, 1.82) is 0 Å². The van der Waals surface area contributed by atoms with E-state index in [0.29, 0.717) is 0 Å². The van der Waals surface area contributed by atoms with E-state index in [-0.39, 0.29) is 12.5 Å². The van der Waals surface area contributed by atoms with Crippen molar-refractivity contribution in [3.63, 3.8) is 0 Å². The number of halogens is 1. The molecule has 0 spiro atoms. The molecule has 0 bridgehead atoms. The predicted octanol–water partition coefficient (Wildman–Crippen LogP) is 1.13. The first kappa shape index (κ1) is 15.9. The first-order valence-corrected chi connectivity index (χ1v) is 8.21. The normalized spacial score (nSPS) is 18.2. The van der Waals surface area contributed by atoms with Crippen molar-refractivity contribution < 1.29 is 9.53 Å². The highest BCUT2D eigenvalue weighted by atomic mass is 79.9. The number of nitrogens with two attached hydrogens (primary N) is 1. The summed E-state index contributed by atoms with van der Waals surface area (Å²) in [5.74, 6) is -0.00892. The van der Waals surface area contributed by atoms with Gasteiger partial charge in [0.05, 0.1) is 10.4 Å². The third-order valence-corrected chi connectivity index (χ3v) is 4.96. The summed E-state index contributed by atoms with van der Waals surface area (Å²) in [4.78, 5) is 17.6. The van der Waals surface area contributed by atoms with Crippen molar-refractivity contribution in [2.45, 2.75) is 12.6 Å². The van der Waals surface area contributed by atoms with E-state index in [1.807, 2.05) is 4.90 Å². The predicted molar refractivity (Wildman–Crippen MR) is 83.7 cm³/mol. The molecule has 7 heteroatoms. The summed E-state index contributed by atoms with van der Waals surface area (Å²) >= 11 is 5.24. The Morgan fingerprint density at radius 1 is 1.45 bits per heavy atom. The van der Waals surface area contributed by atoms with Gasteiger partial charge >= 0.3 is 0 Å². The molecular weight excluding hydrogens is 342 g/mol. The molecule has 2 heterocycles. The van der Waals surface area contributed by atoms with E-state index in [1.165, 1.54) is 4.88 Å². The maximum atomic E-state index is 12.1. The molecular formula is C13H20BrN3O2S. The second-order valence-electron chi connectivity index (χ2n) is 4.87. The van der Waals surface area contributed by atoms with Gasteiger partial charge in [-0.2, -0.15) is 0 Å². The van der Waals surface area contributed by atoms with Crippen LogP contribution in [0.1, 0.15) is 4.88 Å². The van der Waals surface area contributed by atoms with Crippen LogP contribution in [0.2, 0.25) is 0 Å². The first-order chi connectivity index (χ1) is 9.60. The van der Waals surface area contributed by atoms with Gasteiger partial charge < -0.3 is 15.4 Å². The lowest BCUT2D eigenvalue weighted by atomic mass is 10.2. The van der Waals surface area contributed by atoms with Crippen LogP contribution in [-0.2, 0) is 16.1 Å². The quantitative estimate of drug-likeness (QED) is 0.853. The van der Waals surface area contributed by atoms with Crippen molar-refractivity contribution in [3.05, 3.63) is 20.8 Å². The summed E-state index contributed by atoms with van der Waals surface area (Å²) in [6, 6.07) is 3.67. The topological polar surface area (TPSA) is 58.8 Å². The molecule has 1 amide bonds. The van der Waals surface area contributed by atoms with Crippen LogP contribution >= 0.6 is 27.3 Å². The average molecular weight is 362 g/mol. The van der Waals surface area contributed by atoms with Crippen molar-refractivity contribution in [2.75, 3.05) is 39.9 Å². The summed E-state index contributed by atoms with van der Waals surface area (Å²) in [7, 11) is 1.56. The highest BCUT2D eigenvalue weighted by Gasteiger charge is 2.25. The number of thiophene rings is 1. The Bertz CT molecular complexity index is 447. The molecule has 112 valence electrons. The zero-order valence-electron chi connectivity index (χ0n) is 11.5. The maximum absolute atomic E-state index is 12.1. The number of amides is 1. The Kier molecular flexibility index (Phi) is 5.98. The fourth-order valence-corrected chi connectivity index (χ4v) is 3.79. The van der Waals surface area contributed by atoms with Gasteiger partial charge in [-0.25, -0.2) is 0 Å². The number of carbonyl (C=O) groups is 1. The lowest BCUT2D eigenvalue weighted by Gasteiger charge is -2.35. The average Bonchev–Trinajstić information content (AvgIpc) is 2.84. The monoisotopic (exact) mass is 361 g/mol. The van der Waals surface area contributed by atoms with Crippen LogP contribution in [0, 0.1) is 0 Å². The van der Waals surface area contributed by atoms with Crippen LogP contribution in [0.5, 0.6) is 0 Å². The summed E-state index contributed by atoms with van der Waals surface area (Å²) in [6.07, 6.45) is 0. The number of hydrogen-bond donors (Lipinski definition) is 1. The molecule has 2 rings (SSSR count). The second kappa shape index (κ2) is 7.51. The molecule has 2 N–H and O–H groups in total. The lowest BCUT2D eigenvalue weighted by Crippen LogP contribution is -2.53. The van der Waals surface area contributed by atoms with E-state index < -0.39 is 6.04 Å². The Morgan fingerprint density at radius 2 is 2.15 bits per heavy atom. The smallest absolute Gasteiger partial charge is 0.241 e. The van der Waals surface area contributed by atoms with Gasteiger partial charge in [0, 0.05) is 44.7 Å². The van der Waals surface area contributed by atoms with Gasteiger partial charge in [0.15, 0.2) is 0 Å². The van der Waals surface area contributed by atoms with Gasteiger partial charge in [-0.05, 0) is 28.1 Å². The number of carbonyl (C=O) groups excluding carboxylic acids is 1. The van der Waals surface area contributed by atoms with E-state index in [4.69, 9.17) is 10.5 Å². The van der Waals surface area contributed by atoms with Crippen LogP contribution in [0.25, 0.3) is 0 Å². The maximum Gasteiger partial charge on any atom is 0.241 e. The molecule has 1 unspecified atom stereocenters. The van der Waals surface area contributed by atoms with E-state index in [0.717, 1.165) is 36.5 Å². The van der Waals surface area contributed by atoms with Crippen LogP contribution in [0.15, 0.2) is 15.9 Å². The van der Waals surface area contributed by atoms with Crippen molar-refractivity contribution in [2.24, 2.45) is 5.73 Å². The largest absolute Gasteiger partial charge is 0.383 e. The van der Waals surface area contributed by atoms with Crippen LogP contribution in [-0.4, -0.2) is 61.6 Å². The summed E-state index contributed by atoms with van der Waals surface area (Å²) < 4.78 is 6.09. The van der Waals surface area contributed by atoms with Gasteiger partial charge in [-0.3, -0.25) is 9.69 Å². The fraction of sp³-hybridized carbons (Fsp3) is 0.615. The highest BCUT2D eigenvalue weighted by Crippen LogP contribution is 2.23. The minimum absolute atomic E-state index is 0.00892. The van der Waals surface area contributed by atoms with E-state index >= 15 is 0 Å². The van der Waals surface area contributed by atoms with Gasteiger partial charge in [-0.15, -0.1) is 11.3 Å².